The minimum absolute atomic E-state index is 0.0523. The molecule has 5 rings (SSSR count). The highest BCUT2D eigenvalue weighted by Crippen LogP contribution is 2.36. The molecule has 0 unspecified atom stereocenters. The van der Waals surface area contributed by atoms with Crippen LogP contribution in [0.5, 0.6) is 11.5 Å². The molecule has 1 saturated heterocycles. The third-order valence-electron chi connectivity index (χ3n) is 6.58. The summed E-state index contributed by atoms with van der Waals surface area (Å²) in [6, 6.07) is 13.6. The van der Waals surface area contributed by atoms with E-state index in [1.165, 1.54) is 5.56 Å². The average molecular weight is 472 g/mol. The van der Waals surface area contributed by atoms with Gasteiger partial charge in [-0.05, 0) is 54.4 Å². The number of nitrogens with zero attached hydrogens (tertiary/aromatic N) is 4. The molecule has 0 saturated carbocycles. The van der Waals surface area contributed by atoms with Gasteiger partial charge in [-0.15, -0.1) is 0 Å². The van der Waals surface area contributed by atoms with E-state index in [9.17, 15) is 4.79 Å². The van der Waals surface area contributed by atoms with E-state index < -0.39 is 0 Å². The number of aromatic amines is 1. The molecule has 4 aromatic rings. The molecule has 8 nitrogen and oxygen atoms in total. The summed E-state index contributed by atoms with van der Waals surface area (Å²) in [6.45, 7) is 4.84. The smallest absolute Gasteiger partial charge is 0.253 e. The zero-order valence-corrected chi connectivity index (χ0v) is 20.2. The van der Waals surface area contributed by atoms with Gasteiger partial charge in [-0.2, -0.15) is 0 Å². The fraction of sp³-hybridized carbons (Fsp3) is 0.296. The molecule has 180 valence electrons. The van der Waals surface area contributed by atoms with Gasteiger partial charge in [0.2, 0.25) is 5.95 Å². The Morgan fingerprint density at radius 2 is 1.71 bits per heavy atom. The molecule has 2 aromatic carbocycles. The summed E-state index contributed by atoms with van der Waals surface area (Å²) in [5.41, 5.74) is 4.93. The second-order valence-corrected chi connectivity index (χ2v) is 8.49. The van der Waals surface area contributed by atoms with Gasteiger partial charge in [0.1, 0.15) is 0 Å². The highest BCUT2D eigenvalue weighted by molar-refractivity contribution is 6.00. The quantitative estimate of drug-likeness (QED) is 0.455. The maximum atomic E-state index is 13.4. The number of amides is 1. The Bertz CT molecular complexity index is 1340. The molecule has 2 aromatic heterocycles. The molecule has 3 heterocycles. The summed E-state index contributed by atoms with van der Waals surface area (Å²) in [7, 11) is 3.27. The van der Waals surface area contributed by atoms with Crippen molar-refractivity contribution in [3.63, 3.8) is 0 Å². The standard InChI is InChI=1S/C27H29N5O3/c1-4-20-21-16-19(26(33)31-12-14-32(15-13-31)27-28-10-5-11-29-27)6-8-22(21)30-25(20)18-7-9-23(34-2)24(17-18)35-3/h5-11,16-17,30H,4,12-15H2,1-3H3. The predicted molar refractivity (Wildman–Crippen MR) is 136 cm³/mol. The van der Waals surface area contributed by atoms with Gasteiger partial charge in [-0.25, -0.2) is 9.97 Å². The van der Waals surface area contributed by atoms with Gasteiger partial charge in [0.05, 0.1) is 14.2 Å². The van der Waals surface area contributed by atoms with Crippen molar-refractivity contribution in [3.05, 3.63) is 66.0 Å². The van der Waals surface area contributed by atoms with Crippen LogP contribution in [0.25, 0.3) is 22.2 Å². The van der Waals surface area contributed by atoms with Crippen LogP contribution < -0.4 is 14.4 Å². The normalized spacial score (nSPS) is 13.8. The van der Waals surface area contributed by atoms with Gasteiger partial charge in [0, 0.05) is 66.3 Å². The molecule has 1 amide bonds. The summed E-state index contributed by atoms with van der Waals surface area (Å²) in [4.78, 5) is 29.6. The van der Waals surface area contributed by atoms with Crippen molar-refractivity contribution in [2.24, 2.45) is 0 Å². The minimum atomic E-state index is 0.0523. The number of rotatable bonds is 6. The van der Waals surface area contributed by atoms with E-state index in [0.717, 1.165) is 28.6 Å². The highest BCUT2D eigenvalue weighted by Gasteiger charge is 2.24. The number of anilines is 1. The number of hydrogen-bond acceptors (Lipinski definition) is 6. The molecule has 1 aliphatic rings. The third-order valence-corrected chi connectivity index (χ3v) is 6.58. The van der Waals surface area contributed by atoms with Crippen LogP contribution in [0.15, 0.2) is 54.9 Å². The molecule has 8 heteroatoms. The van der Waals surface area contributed by atoms with Gasteiger partial charge in [0.25, 0.3) is 5.91 Å². The lowest BCUT2D eigenvalue weighted by atomic mass is 10.0. The summed E-state index contributed by atoms with van der Waals surface area (Å²) >= 11 is 0. The molecule has 0 atom stereocenters. The first kappa shape index (κ1) is 22.7. The SMILES string of the molecule is CCc1c(-c2ccc(OC)c(OC)c2)[nH]c2ccc(C(=O)N3CCN(c4ncccn4)CC3)cc12. The van der Waals surface area contributed by atoms with E-state index >= 15 is 0 Å². The van der Waals surface area contributed by atoms with Crippen LogP contribution in [0.1, 0.15) is 22.8 Å². The Morgan fingerprint density at radius 1 is 0.971 bits per heavy atom. The highest BCUT2D eigenvalue weighted by atomic mass is 16.5. The van der Waals surface area contributed by atoms with Crippen molar-refractivity contribution >= 4 is 22.8 Å². The maximum Gasteiger partial charge on any atom is 0.253 e. The van der Waals surface area contributed by atoms with E-state index in [2.05, 4.69) is 26.8 Å². The first-order chi connectivity index (χ1) is 17.1. The largest absolute Gasteiger partial charge is 0.493 e. The first-order valence-electron chi connectivity index (χ1n) is 11.8. The lowest BCUT2D eigenvalue weighted by Crippen LogP contribution is -2.49. The van der Waals surface area contributed by atoms with Crippen LogP contribution in [0.3, 0.4) is 0 Å². The summed E-state index contributed by atoms with van der Waals surface area (Å²) in [5.74, 6) is 2.14. The number of methoxy groups -OCH3 is 2. The van der Waals surface area contributed by atoms with Crippen molar-refractivity contribution in [3.8, 4) is 22.8 Å². The number of carbonyl (C=O) groups is 1. The average Bonchev–Trinajstić information content (AvgIpc) is 3.30. The number of hydrogen-bond donors (Lipinski definition) is 1. The van der Waals surface area contributed by atoms with E-state index in [1.807, 2.05) is 47.4 Å². The lowest BCUT2D eigenvalue weighted by molar-refractivity contribution is 0.0746. The Kier molecular flexibility index (Phi) is 6.27. The molecule has 0 spiro atoms. The fourth-order valence-corrected chi connectivity index (χ4v) is 4.73. The van der Waals surface area contributed by atoms with Gasteiger partial charge in [-0.1, -0.05) is 6.92 Å². The zero-order valence-electron chi connectivity index (χ0n) is 20.2. The van der Waals surface area contributed by atoms with Crippen LogP contribution in [-0.4, -0.2) is 66.2 Å². The molecular weight excluding hydrogens is 442 g/mol. The van der Waals surface area contributed by atoms with Crippen LogP contribution in [0, 0.1) is 0 Å². The predicted octanol–water partition coefficient (Wildman–Crippen LogP) is 4.17. The van der Waals surface area contributed by atoms with Gasteiger partial charge < -0.3 is 24.3 Å². The molecule has 1 N–H and O–H groups in total. The Hall–Kier alpha value is -4.07. The van der Waals surface area contributed by atoms with E-state index in [1.54, 1.807) is 26.6 Å². The third kappa shape index (κ3) is 4.27. The monoisotopic (exact) mass is 471 g/mol. The summed E-state index contributed by atoms with van der Waals surface area (Å²) in [5, 5.41) is 1.07. The fourth-order valence-electron chi connectivity index (χ4n) is 4.73. The molecule has 35 heavy (non-hydrogen) atoms. The van der Waals surface area contributed by atoms with Gasteiger partial charge in [-0.3, -0.25) is 4.79 Å². The topological polar surface area (TPSA) is 83.6 Å². The van der Waals surface area contributed by atoms with Crippen LogP contribution >= 0.6 is 0 Å². The zero-order chi connectivity index (χ0) is 24.4. The van der Waals surface area contributed by atoms with E-state index in [4.69, 9.17) is 9.47 Å². The van der Waals surface area contributed by atoms with E-state index in [0.29, 0.717) is 49.2 Å². The van der Waals surface area contributed by atoms with Crippen molar-refractivity contribution in [1.29, 1.82) is 0 Å². The number of fused-ring (bicyclic) bond motifs is 1. The molecular formula is C27H29N5O3. The van der Waals surface area contributed by atoms with Crippen LogP contribution in [0.4, 0.5) is 5.95 Å². The molecule has 1 fully saturated rings. The second kappa shape index (κ2) is 9.66. The van der Waals surface area contributed by atoms with Crippen molar-refractivity contribution in [2.45, 2.75) is 13.3 Å². The van der Waals surface area contributed by atoms with Gasteiger partial charge in [0.15, 0.2) is 11.5 Å². The molecule has 0 bridgehead atoms. The second-order valence-electron chi connectivity index (χ2n) is 8.49. The first-order valence-corrected chi connectivity index (χ1v) is 11.8. The summed E-state index contributed by atoms with van der Waals surface area (Å²) < 4.78 is 10.9. The Morgan fingerprint density at radius 3 is 2.40 bits per heavy atom. The van der Waals surface area contributed by atoms with Crippen molar-refractivity contribution in [2.75, 3.05) is 45.3 Å². The number of ether oxygens (including phenoxy) is 2. The Labute approximate surface area is 204 Å². The van der Waals surface area contributed by atoms with Gasteiger partial charge >= 0.3 is 0 Å². The number of piperazine rings is 1. The summed E-state index contributed by atoms with van der Waals surface area (Å²) in [6.07, 6.45) is 4.32. The number of nitrogens with one attached hydrogen (secondary N) is 1. The number of aromatic nitrogens is 3. The van der Waals surface area contributed by atoms with Crippen LogP contribution in [0.2, 0.25) is 0 Å². The molecule has 0 aliphatic carbocycles. The lowest BCUT2D eigenvalue weighted by Gasteiger charge is -2.34. The van der Waals surface area contributed by atoms with Crippen LogP contribution in [-0.2, 0) is 6.42 Å². The molecule has 0 radical (unpaired) electrons. The molecule has 1 aliphatic heterocycles. The Balaban J connectivity index is 1.40. The minimum Gasteiger partial charge on any atom is -0.493 e. The number of benzene rings is 2. The van der Waals surface area contributed by atoms with E-state index in [-0.39, 0.29) is 5.91 Å². The van der Waals surface area contributed by atoms with Crippen molar-refractivity contribution in [1.82, 2.24) is 19.9 Å². The number of carbonyl (C=O) groups excluding carboxylic acids is 1. The maximum absolute atomic E-state index is 13.4. The number of H-pyrrole nitrogens is 1. The van der Waals surface area contributed by atoms with Crippen molar-refractivity contribution < 1.29 is 14.3 Å². The number of aryl methyl sites for hydroxylation is 1.